The van der Waals surface area contributed by atoms with Gasteiger partial charge in [-0.25, -0.2) is 0 Å². The van der Waals surface area contributed by atoms with E-state index in [0.717, 1.165) is 0 Å². The molecular weight excluding hydrogens is 264 g/mol. The molecule has 0 radical (unpaired) electrons. The SMILES string of the molecule is CC1(C)CCC(=O)C(C(=O)c2ccccc2Cl)C1=O. The largest absolute Gasteiger partial charge is 0.298 e. The van der Waals surface area contributed by atoms with E-state index in [0.29, 0.717) is 6.42 Å². The van der Waals surface area contributed by atoms with Crippen molar-refractivity contribution in [1.29, 1.82) is 0 Å². The van der Waals surface area contributed by atoms with Gasteiger partial charge >= 0.3 is 0 Å². The molecule has 1 aliphatic rings. The van der Waals surface area contributed by atoms with Gasteiger partial charge in [-0.05, 0) is 18.6 Å². The van der Waals surface area contributed by atoms with Gasteiger partial charge in [-0.3, -0.25) is 14.4 Å². The first kappa shape index (κ1) is 13.9. The van der Waals surface area contributed by atoms with Crippen LogP contribution in [-0.2, 0) is 9.59 Å². The zero-order valence-electron chi connectivity index (χ0n) is 10.9. The van der Waals surface area contributed by atoms with Gasteiger partial charge in [-0.1, -0.05) is 37.6 Å². The minimum atomic E-state index is -1.19. The molecule has 1 fully saturated rings. The highest BCUT2D eigenvalue weighted by atomic mass is 35.5. The third-order valence-electron chi connectivity index (χ3n) is 3.65. The van der Waals surface area contributed by atoms with Crippen LogP contribution in [0.1, 0.15) is 37.0 Å². The molecule has 0 heterocycles. The number of halogens is 1. The van der Waals surface area contributed by atoms with Gasteiger partial charge in [-0.2, -0.15) is 0 Å². The third kappa shape index (κ3) is 2.47. The van der Waals surface area contributed by atoms with Crippen molar-refractivity contribution in [1.82, 2.24) is 0 Å². The fraction of sp³-hybridized carbons (Fsp3) is 0.400. The molecule has 0 aliphatic heterocycles. The highest BCUT2D eigenvalue weighted by Crippen LogP contribution is 2.35. The van der Waals surface area contributed by atoms with Crippen molar-refractivity contribution in [3.8, 4) is 0 Å². The molecule has 0 saturated heterocycles. The first-order valence-corrected chi connectivity index (χ1v) is 6.58. The summed E-state index contributed by atoms with van der Waals surface area (Å²) in [5, 5.41) is 0.275. The molecule has 2 rings (SSSR count). The van der Waals surface area contributed by atoms with Crippen molar-refractivity contribution in [3.63, 3.8) is 0 Å². The Morgan fingerprint density at radius 3 is 2.53 bits per heavy atom. The summed E-state index contributed by atoms with van der Waals surface area (Å²) in [6.45, 7) is 3.54. The minimum absolute atomic E-state index is 0.244. The first-order chi connectivity index (χ1) is 8.84. The van der Waals surface area contributed by atoms with Crippen LogP contribution >= 0.6 is 11.6 Å². The third-order valence-corrected chi connectivity index (χ3v) is 3.98. The molecule has 0 spiro atoms. The monoisotopic (exact) mass is 278 g/mol. The van der Waals surface area contributed by atoms with Crippen molar-refractivity contribution in [2.45, 2.75) is 26.7 Å². The maximum Gasteiger partial charge on any atom is 0.182 e. The van der Waals surface area contributed by atoms with E-state index in [9.17, 15) is 14.4 Å². The molecule has 0 N–H and O–H groups in total. The summed E-state index contributed by atoms with van der Waals surface area (Å²) in [6.07, 6.45) is 0.760. The predicted octanol–water partition coefficient (Wildman–Crippen LogP) is 3.10. The van der Waals surface area contributed by atoms with E-state index in [4.69, 9.17) is 11.6 Å². The van der Waals surface area contributed by atoms with Crippen LogP contribution in [0, 0.1) is 11.3 Å². The zero-order valence-corrected chi connectivity index (χ0v) is 11.7. The molecule has 3 nitrogen and oxygen atoms in total. The lowest BCUT2D eigenvalue weighted by atomic mass is 9.68. The van der Waals surface area contributed by atoms with Crippen LogP contribution in [0.2, 0.25) is 5.02 Å². The van der Waals surface area contributed by atoms with Crippen LogP contribution in [0.3, 0.4) is 0 Å². The molecule has 0 bridgehead atoms. The Bertz CT molecular complexity index is 560. The van der Waals surface area contributed by atoms with Gasteiger partial charge in [0.15, 0.2) is 17.3 Å². The number of benzene rings is 1. The minimum Gasteiger partial charge on any atom is -0.298 e. The maximum atomic E-state index is 12.4. The second-order valence-electron chi connectivity index (χ2n) is 5.49. The average Bonchev–Trinajstić information content (AvgIpc) is 2.35. The highest BCUT2D eigenvalue weighted by Gasteiger charge is 2.46. The van der Waals surface area contributed by atoms with E-state index in [1.807, 2.05) is 0 Å². The molecule has 1 atom stereocenters. The Hall–Kier alpha value is -1.48. The summed E-state index contributed by atoms with van der Waals surface area (Å²) in [5.41, 5.74) is -0.385. The molecule has 19 heavy (non-hydrogen) atoms. The van der Waals surface area contributed by atoms with E-state index in [1.54, 1.807) is 38.1 Å². The molecule has 0 amide bonds. The molecule has 100 valence electrons. The van der Waals surface area contributed by atoms with Crippen LogP contribution < -0.4 is 0 Å². The smallest absolute Gasteiger partial charge is 0.182 e. The molecule has 1 unspecified atom stereocenters. The lowest BCUT2D eigenvalue weighted by Crippen LogP contribution is -2.44. The van der Waals surface area contributed by atoms with E-state index in [2.05, 4.69) is 0 Å². The number of Topliss-reactive ketones (excluding diaryl/α,β-unsaturated/α-hetero) is 3. The van der Waals surface area contributed by atoms with Crippen LogP contribution in [-0.4, -0.2) is 17.3 Å². The number of ketones is 3. The second kappa shape index (κ2) is 4.89. The molecule has 0 aromatic heterocycles. The summed E-state index contributed by atoms with van der Waals surface area (Å²) in [6, 6.07) is 6.50. The van der Waals surface area contributed by atoms with Crippen LogP contribution in [0.15, 0.2) is 24.3 Å². The van der Waals surface area contributed by atoms with Crippen molar-refractivity contribution in [3.05, 3.63) is 34.9 Å². The molecule has 4 heteroatoms. The Balaban J connectivity index is 2.40. The lowest BCUT2D eigenvalue weighted by Gasteiger charge is -2.31. The normalized spacial score (nSPS) is 22.4. The van der Waals surface area contributed by atoms with Gasteiger partial charge in [0.05, 0.1) is 5.02 Å². The first-order valence-electron chi connectivity index (χ1n) is 6.20. The van der Waals surface area contributed by atoms with Gasteiger partial charge in [0, 0.05) is 17.4 Å². The summed E-state index contributed by atoms with van der Waals surface area (Å²) in [5.74, 6) is -2.26. The van der Waals surface area contributed by atoms with Crippen molar-refractivity contribution in [2.75, 3.05) is 0 Å². The average molecular weight is 279 g/mol. The van der Waals surface area contributed by atoms with E-state index in [1.165, 1.54) is 0 Å². The lowest BCUT2D eigenvalue weighted by molar-refractivity contribution is -0.140. The fourth-order valence-electron chi connectivity index (χ4n) is 2.32. The number of hydrogen-bond donors (Lipinski definition) is 0. The van der Waals surface area contributed by atoms with E-state index < -0.39 is 17.1 Å². The van der Waals surface area contributed by atoms with E-state index >= 15 is 0 Å². The van der Waals surface area contributed by atoms with Gasteiger partial charge in [0.25, 0.3) is 0 Å². The Morgan fingerprint density at radius 2 is 1.89 bits per heavy atom. The van der Waals surface area contributed by atoms with E-state index in [-0.39, 0.29) is 28.6 Å². The van der Waals surface area contributed by atoms with Crippen LogP contribution in [0.25, 0.3) is 0 Å². The maximum absolute atomic E-state index is 12.4. The van der Waals surface area contributed by atoms with Crippen molar-refractivity contribution < 1.29 is 14.4 Å². The molecule has 1 aromatic rings. The molecule has 1 saturated carbocycles. The van der Waals surface area contributed by atoms with Gasteiger partial charge in [0.1, 0.15) is 5.92 Å². The fourth-order valence-corrected chi connectivity index (χ4v) is 2.55. The quantitative estimate of drug-likeness (QED) is 0.617. The number of hydrogen-bond acceptors (Lipinski definition) is 3. The predicted molar refractivity (Wildman–Crippen MR) is 72.3 cm³/mol. The summed E-state index contributed by atoms with van der Waals surface area (Å²) < 4.78 is 0. The number of rotatable bonds is 2. The van der Waals surface area contributed by atoms with Crippen LogP contribution in [0.5, 0.6) is 0 Å². The Morgan fingerprint density at radius 1 is 1.26 bits per heavy atom. The molecular formula is C15H15ClO3. The molecule has 1 aliphatic carbocycles. The summed E-state index contributed by atoms with van der Waals surface area (Å²) in [7, 11) is 0. The highest BCUT2D eigenvalue weighted by molar-refractivity contribution is 6.36. The van der Waals surface area contributed by atoms with Gasteiger partial charge in [-0.15, -0.1) is 0 Å². The number of carbonyl (C=O) groups is 3. The Kier molecular flexibility index (Phi) is 3.59. The Labute approximate surface area is 116 Å². The van der Waals surface area contributed by atoms with Gasteiger partial charge < -0.3 is 0 Å². The topological polar surface area (TPSA) is 51.2 Å². The van der Waals surface area contributed by atoms with Crippen LogP contribution in [0.4, 0.5) is 0 Å². The summed E-state index contributed by atoms with van der Waals surface area (Å²) in [4.78, 5) is 36.6. The van der Waals surface area contributed by atoms with Gasteiger partial charge in [0.2, 0.25) is 0 Å². The second-order valence-corrected chi connectivity index (χ2v) is 5.90. The zero-order chi connectivity index (χ0) is 14.2. The van der Waals surface area contributed by atoms with Crippen molar-refractivity contribution >= 4 is 29.0 Å². The molecule has 1 aromatic carbocycles. The number of carbonyl (C=O) groups excluding carboxylic acids is 3. The van der Waals surface area contributed by atoms with Crippen molar-refractivity contribution in [2.24, 2.45) is 11.3 Å². The summed E-state index contributed by atoms with van der Waals surface area (Å²) >= 11 is 5.96. The standard InChI is InChI=1S/C15H15ClO3/c1-15(2)8-7-11(17)12(14(15)19)13(18)9-5-3-4-6-10(9)16/h3-6,12H,7-8H2,1-2H3.